The van der Waals surface area contributed by atoms with E-state index in [0.29, 0.717) is 0 Å². The maximum absolute atomic E-state index is 6.53. The highest BCUT2D eigenvalue weighted by molar-refractivity contribution is 6.19. The van der Waals surface area contributed by atoms with Crippen LogP contribution in [0.15, 0.2) is 205 Å². The van der Waals surface area contributed by atoms with E-state index in [1.807, 2.05) is 6.07 Å². The molecule has 0 fully saturated rings. The second-order valence-corrected chi connectivity index (χ2v) is 13.2. The molecule has 0 spiro atoms. The molecule has 52 heavy (non-hydrogen) atoms. The predicted octanol–water partition coefficient (Wildman–Crippen LogP) is 14.4. The molecule has 10 aromatic rings. The number of para-hydroxylation sites is 1. The molecule has 10 rings (SSSR count). The number of benzene rings is 9. The summed E-state index contributed by atoms with van der Waals surface area (Å²) in [6.45, 7) is 0. The van der Waals surface area contributed by atoms with Gasteiger partial charge in [0.1, 0.15) is 11.2 Å². The first-order valence-electron chi connectivity index (χ1n) is 17.8. The zero-order valence-corrected chi connectivity index (χ0v) is 28.4. The van der Waals surface area contributed by atoms with E-state index in [2.05, 4.69) is 199 Å². The number of anilines is 3. The Morgan fingerprint density at radius 3 is 1.65 bits per heavy atom. The molecule has 0 radical (unpaired) electrons. The lowest BCUT2D eigenvalue weighted by atomic mass is 9.87. The van der Waals surface area contributed by atoms with Crippen molar-refractivity contribution >= 4 is 60.5 Å². The molecule has 2 heteroatoms. The van der Waals surface area contributed by atoms with Gasteiger partial charge < -0.3 is 9.32 Å². The summed E-state index contributed by atoms with van der Waals surface area (Å²) in [6, 6.07) is 71.8. The van der Waals surface area contributed by atoms with Crippen molar-refractivity contribution in [3.8, 4) is 33.4 Å². The van der Waals surface area contributed by atoms with Crippen LogP contribution >= 0.6 is 0 Å². The summed E-state index contributed by atoms with van der Waals surface area (Å²) >= 11 is 0. The van der Waals surface area contributed by atoms with Crippen LogP contribution in [0.5, 0.6) is 0 Å². The second kappa shape index (κ2) is 12.5. The molecule has 244 valence electrons. The molecule has 1 aromatic heterocycles. The third-order valence-electron chi connectivity index (χ3n) is 10.3. The van der Waals surface area contributed by atoms with Gasteiger partial charge in [-0.25, -0.2) is 0 Å². The minimum atomic E-state index is 0.860. The smallest absolute Gasteiger partial charge is 0.137 e. The molecule has 0 saturated heterocycles. The average molecular weight is 664 g/mol. The van der Waals surface area contributed by atoms with Crippen molar-refractivity contribution in [2.45, 2.75) is 0 Å². The third-order valence-corrected chi connectivity index (χ3v) is 10.3. The molecule has 2 nitrogen and oxygen atoms in total. The highest BCUT2D eigenvalue weighted by atomic mass is 16.3. The largest absolute Gasteiger partial charge is 0.456 e. The number of rotatable bonds is 6. The lowest BCUT2D eigenvalue weighted by molar-refractivity contribution is 0.669. The molecule has 0 aliphatic heterocycles. The summed E-state index contributed by atoms with van der Waals surface area (Å²) in [4.78, 5) is 2.49. The fraction of sp³-hybridized carbons (Fsp3) is 0. The molecule has 0 bridgehead atoms. The van der Waals surface area contributed by atoms with E-state index in [1.54, 1.807) is 0 Å². The zero-order valence-electron chi connectivity index (χ0n) is 28.4. The third kappa shape index (κ3) is 4.88. The lowest BCUT2D eigenvalue weighted by Gasteiger charge is -2.31. The first kappa shape index (κ1) is 30.0. The summed E-state index contributed by atoms with van der Waals surface area (Å²) in [5, 5.41) is 7.00. The van der Waals surface area contributed by atoms with E-state index < -0.39 is 0 Å². The summed E-state index contributed by atoms with van der Waals surface area (Å²) in [5.41, 5.74) is 12.0. The minimum absolute atomic E-state index is 0.860. The van der Waals surface area contributed by atoms with Gasteiger partial charge in [0.2, 0.25) is 0 Å². The Morgan fingerprint density at radius 2 is 0.865 bits per heavy atom. The Bertz CT molecular complexity index is 2910. The van der Waals surface area contributed by atoms with Crippen LogP contribution < -0.4 is 4.90 Å². The number of hydrogen-bond acceptors (Lipinski definition) is 2. The first-order chi connectivity index (χ1) is 25.8. The Morgan fingerprint density at radius 1 is 0.327 bits per heavy atom. The zero-order chi connectivity index (χ0) is 34.4. The molecule has 1 heterocycles. The van der Waals surface area contributed by atoms with Crippen LogP contribution in [-0.2, 0) is 0 Å². The molecule has 0 aliphatic rings. The molecule has 0 aliphatic carbocycles. The van der Waals surface area contributed by atoms with Gasteiger partial charge in [-0.3, -0.25) is 0 Å². The van der Waals surface area contributed by atoms with Crippen LogP contribution in [0.25, 0.3) is 76.9 Å². The van der Waals surface area contributed by atoms with E-state index in [-0.39, 0.29) is 0 Å². The summed E-state index contributed by atoms with van der Waals surface area (Å²) in [7, 11) is 0. The average Bonchev–Trinajstić information content (AvgIpc) is 3.61. The molecule has 9 aromatic carbocycles. The number of nitrogens with zero attached hydrogens (tertiary/aromatic N) is 1. The normalized spacial score (nSPS) is 11.5. The van der Waals surface area contributed by atoms with Crippen molar-refractivity contribution in [3.63, 3.8) is 0 Å². The van der Waals surface area contributed by atoms with Crippen molar-refractivity contribution in [3.05, 3.63) is 200 Å². The quantitative estimate of drug-likeness (QED) is 0.165. The topological polar surface area (TPSA) is 16.4 Å². The Labute approximate surface area is 302 Å². The standard InChI is InChI=1S/C50H33NO/c1-3-17-34(18-4-1)37-22-9-12-26-42(37)49-39(35-19-5-2-6-20-35)28-15-29-44(49)51(45-30-16-32-48-50(45)43-27-13-14-31-47(43)52-48)46-33-36-21-7-8-23-38(36)40-24-10-11-25-41(40)46/h1-33H. The molecular weight excluding hydrogens is 631 g/mol. The molecule has 0 N–H and O–H groups in total. The van der Waals surface area contributed by atoms with Gasteiger partial charge in [0, 0.05) is 16.3 Å². The van der Waals surface area contributed by atoms with Gasteiger partial charge in [-0.15, -0.1) is 0 Å². The Kier molecular flexibility index (Phi) is 7.18. The van der Waals surface area contributed by atoms with E-state index >= 15 is 0 Å². The van der Waals surface area contributed by atoms with Crippen LogP contribution in [0.2, 0.25) is 0 Å². The van der Waals surface area contributed by atoms with Crippen LogP contribution in [-0.4, -0.2) is 0 Å². The Hall–Kier alpha value is -6.90. The van der Waals surface area contributed by atoms with E-state index in [4.69, 9.17) is 4.42 Å². The highest BCUT2D eigenvalue weighted by Crippen LogP contribution is 2.52. The van der Waals surface area contributed by atoms with Gasteiger partial charge in [-0.2, -0.15) is 0 Å². The SMILES string of the molecule is c1ccc(-c2ccccc2-c2c(-c3ccccc3)cccc2N(c2cc3ccccc3c3ccccc23)c2cccc3oc4ccccc4c23)cc1. The Balaban J connectivity index is 1.39. The fourth-order valence-corrected chi connectivity index (χ4v) is 7.99. The van der Waals surface area contributed by atoms with Gasteiger partial charge in [0.15, 0.2) is 0 Å². The van der Waals surface area contributed by atoms with E-state index in [9.17, 15) is 0 Å². The number of hydrogen-bond donors (Lipinski definition) is 0. The number of fused-ring (bicyclic) bond motifs is 6. The van der Waals surface area contributed by atoms with Gasteiger partial charge in [0.25, 0.3) is 0 Å². The molecular formula is C50H33NO. The van der Waals surface area contributed by atoms with Crippen molar-refractivity contribution in [2.24, 2.45) is 0 Å². The van der Waals surface area contributed by atoms with Gasteiger partial charge >= 0.3 is 0 Å². The highest BCUT2D eigenvalue weighted by Gasteiger charge is 2.26. The lowest BCUT2D eigenvalue weighted by Crippen LogP contribution is -2.13. The molecule has 0 saturated carbocycles. The monoisotopic (exact) mass is 663 g/mol. The number of furan rings is 1. The van der Waals surface area contributed by atoms with Crippen LogP contribution in [0.4, 0.5) is 17.1 Å². The van der Waals surface area contributed by atoms with Crippen LogP contribution in [0, 0.1) is 0 Å². The molecule has 0 amide bonds. The van der Waals surface area contributed by atoms with Gasteiger partial charge in [-0.05, 0) is 74.3 Å². The summed E-state index contributed by atoms with van der Waals surface area (Å²) < 4.78 is 6.53. The first-order valence-corrected chi connectivity index (χ1v) is 17.8. The maximum atomic E-state index is 6.53. The van der Waals surface area contributed by atoms with Gasteiger partial charge in [-0.1, -0.05) is 170 Å². The van der Waals surface area contributed by atoms with E-state index in [0.717, 1.165) is 50.1 Å². The second-order valence-electron chi connectivity index (χ2n) is 13.2. The molecule has 0 unspecified atom stereocenters. The molecule has 0 atom stereocenters. The van der Waals surface area contributed by atoms with Gasteiger partial charge in [0.05, 0.1) is 22.4 Å². The maximum Gasteiger partial charge on any atom is 0.137 e. The summed E-state index contributed by atoms with van der Waals surface area (Å²) in [6.07, 6.45) is 0. The fourth-order valence-electron chi connectivity index (χ4n) is 7.99. The minimum Gasteiger partial charge on any atom is -0.456 e. The van der Waals surface area contributed by atoms with Crippen molar-refractivity contribution < 1.29 is 4.42 Å². The summed E-state index contributed by atoms with van der Waals surface area (Å²) in [5.74, 6) is 0. The predicted molar refractivity (Wildman–Crippen MR) is 220 cm³/mol. The van der Waals surface area contributed by atoms with Crippen molar-refractivity contribution in [2.75, 3.05) is 4.90 Å². The van der Waals surface area contributed by atoms with Crippen molar-refractivity contribution in [1.82, 2.24) is 0 Å². The van der Waals surface area contributed by atoms with Crippen LogP contribution in [0.1, 0.15) is 0 Å². The van der Waals surface area contributed by atoms with Crippen molar-refractivity contribution in [1.29, 1.82) is 0 Å². The van der Waals surface area contributed by atoms with E-state index in [1.165, 1.54) is 43.8 Å². The van der Waals surface area contributed by atoms with Crippen LogP contribution in [0.3, 0.4) is 0 Å².